The third-order valence-electron chi connectivity index (χ3n) is 17.9. The van der Waals surface area contributed by atoms with E-state index in [0.717, 1.165) is 134 Å². The lowest BCUT2D eigenvalue weighted by molar-refractivity contribution is 0.668. The van der Waals surface area contributed by atoms with Crippen molar-refractivity contribution in [1.29, 1.82) is 0 Å². The number of furan rings is 2. The SMILES string of the molecule is c1ccc(-c2ccc(-c3ccccc3)c(N(c3ccc4oc5ccccc5c4c3)c3ccc4oc5cc(-c6cccc(-c7ccc(-c8ccccc8)c(N(c8ccc9sc%10ccccc%10c9c8)c8ccc9sc%10ccccc%10c9c8)c7)c6)ccc5c4c3)c2)cc1. The van der Waals surface area contributed by atoms with E-state index in [1.807, 2.05) is 34.8 Å². The summed E-state index contributed by atoms with van der Waals surface area (Å²) in [5.74, 6) is 0. The van der Waals surface area contributed by atoms with Gasteiger partial charge >= 0.3 is 0 Å². The van der Waals surface area contributed by atoms with E-state index in [1.165, 1.54) is 40.3 Å². The second kappa shape index (κ2) is 21.3. The minimum absolute atomic E-state index is 0.824. The maximum atomic E-state index is 6.88. The Balaban J connectivity index is 0.764. The minimum atomic E-state index is 0.824. The number of thiophene rings is 2. The van der Waals surface area contributed by atoms with Crippen LogP contribution in [0.3, 0.4) is 0 Å². The van der Waals surface area contributed by atoms with E-state index in [1.54, 1.807) is 0 Å². The number of fused-ring (bicyclic) bond motifs is 12. The fourth-order valence-corrected chi connectivity index (χ4v) is 15.7. The predicted octanol–water partition coefficient (Wildman–Crippen LogP) is 25.5. The van der Waals surface area contributed by atoms with Crippen LogP contribution in [0.25, 0.3) is 140 Å². The number of rotatable bonds is 11. The van der Waals surface area contributed by atoms with Gasteiger partial charge in [-0.25, -0.2) is 0 Å². The van der Waals surface area contributed by atoms with Gasteiger partial charge in [-0.15, -0.1) is 22.7 Å². The van der Waals surface area contributed by atoms with Gasteiger partial charge in [0.05, 0.1) is 11.4 Å². The topological polar surface area (TPSA) is 32.8 Å². The van der Waals surface area contributed by atoms with E-state index in [-0.39, 0.29) is 0 Å². The van der Waals surface area contributed by atoms with Gasteiger partial charge in [-0.05, 0) is 166 Å². The van der Waals surface area contributed by atoms with Crippen LogP contribution in [-0.4, -0.2) is 0 Å². The van der Waals surface area contributed by atoms with Crippen LogP contribution in [0, 0.1) is 0 Å². The molecule has 0 aliphatic carbocycles. The Hall–Kier alpha value is -11.3. The Kier molecular flexibility index (Phi) is 12.3. The molecule has 0 saturated heterocycles. The van der Waals surface area contributed by atoms with E-state index in [2.05, 4.69) is 313 Å². The lowest BCUT2D eigenvalue weighted by Crippen LogP contribution is -2.11. The molecule has 0 aliphatic heterocycles. The van der Waals surface area contributed by atoms with E-state index < -0.39 is 0 Å². The van der Waals surface area contributed by atoms with Crippen LogP contribution in [0.4, 0.5) is 34.1 Å². The summed E-state index contributed by atoms with van der Waals surface area (Å²) in [6.07, 6.45) is 0. The van der Waals surface area contributed by atoms with Crippen molar-refractivity contribution in [3.8, 4) is 55.6 Å². The first-order valence-corrected chi connectivity index (χ1v) is 32.1. The molecule has 0 atom stereocenters. The van der Waals surface area contributed by atoms with Crippen molar-refractivity contribution in [2.24, 2.45) is 0 Å². The molecule has 0 bridgehead atoms. The van der Waals surface area contributed by atoms with E-state index in [9.17, 15) is 0 Å². The van der Waals surface area contributed by atoms with Gasteiger partial charge in [-0.2, -0.15) is 0 Å². The van der Waals surface area contributed by atoms with Gasteiger partial charge in [0.25, 0.3) is 0 Å². The highest BCUT2D eigenvalue weighted by Crippen LogP contribution is 2.50. The second-order valence-electron chi connectivity index (χ2n) is 23.1. The molecule has 0 spiro atoms. The first-order chi connectivity index (χ1) is 44.6. The Morgan fingerprint density at radius 2 is 0.567 bits per heavy atom. The summed E-state index contributed by atoms with van der Waals surface area (Å²) >= 11 is 3.70. The second-order valence-corrected chi connectivity index (χ2v) is 25.3. The lowest BCUT2D eigenvalue weighted by atomic mass is 9.94. The molecular formula is C84H52N2O2S2. The van der Waals surface area contributed by atoms with Crippen LogP contribution in [-0.2, 0) is 0 Å². The zero-order chi connectivity index (χ0) is 59.2. The highest BCUT2D eigenvalue weighted by molar-refractivity contribution is 7.26. The molecule has 0 aliphatic rings. The van der Waals surface area contributed by atoms with Crippen LogP contribution in [0.1, 0.15) is 0 Å². The molecule has 0 amide bonds. The van der Waals surface area contributed by atoms with Gasteiger partial charge in [0, 0.05) is 95.8 Å². The summed E-state index contributed by atoms with van der Waals surface area (Å²) in [4.78, 5) is 4.89. The summed E-state index contributed by atoms with van der Waals surface area (Å²) < 4.78 is 18.4. The van der Waals surface area contributed by atoms with Gasteiger partial charge < -0.3 is 18.6 Å². The molecule has 18 rings (SSSR count). The molecule has 4 nitrogen and oxygen atoms in total. The summed E-state index contributed by atoms with van der Waals surface area (Å²) in [5, 5.41) is 9.30. The summed E-state index contributed by atoms with van der Waals surface area (Å²) in [6, 6.07) is 115. The fraction of sp³-hybridized carbons (Fsp3) is 0. The lowest BCUT2D eigenvalue weighted by Gasteiger charge is -2.29. The average molecular weight is 1190 g/mol. The summed E-state index contributed by atoms with van der Waals surface area (Å²) in [6.45, 7) is 0. The number of hydrogen-bond acceptors (Lipinski definition) is 6. The zero-order valence-corrected chi connectivity index (χ0v) is 50.2. The molecule has 0 N–H and O–H groups in total. The largest absolute Gasteiger partial charge is 0.456 e. The van der Waals surface area contributed by atoms with E-state index >= 15 is 0 Å². The molecule has 0 fully saturated rings. The molecule has 4 aromatic heterocycles. The van der Waals surface area contributed by atoms with Crippen molar-refractivity contribution in [2.45, 2.75) is 0 Å². The number of anilines is 6. The Labute approximate surface area is 527 Å². The van der Waals surface area contributed by atoms with Crippen LogP contribution in [0.5, 0.6) is 0 Å². The normalized spacial score (nSPS) is 11.8. The maximum absolute atomic E-state index is 6.88. The van der Waals surface area contributed by atoms with Crippen LogP contribution in [0.2, 0.25) is 0 Å². The first-order valence-electron chi connectivity index (χ1n) is 30.4. The number of para-hydroxylation sites is 1. The standard InChI is InChI=1S/C84H52N2O2S2/c1-4-17-53(18-5-1)58-31-38-65(54-19-6-2-7-20-54)75(46-58)85(61-34-41-78-71(49-61)67-25-10-13-28-77(67)87-78)62-35-42-79-72(50-62)68-40-33-60(48-80(68)88-79)57-24-16-23-56(45-57)59-32-39-66(55-21-8-3-9-22-55)76(47-59)86(63-36-43-83-73(51-63)69-26-11-14-29-81(69)89-83)64-37-44-84-74(52-64)70-27-12-15-30-82(70)90-84/h1-52H. The summed E-state index contributed by atoms with van der Waals surface area (Å²) in [5.41, 5.74) is 21.0. The van der Waals surface area contributed by atoms with Gasteiger partial charge in [0.2, 0.25) is 0 Å². The number of benzene rings is 14. The fourth-order valence-electron chi connectivity index (χ4n) is 13.5. The van der Waals surface area contributed by atoms with E-state index in [4.69, 9.17) is 8.83 Å². The van der Waals surface area contributed by atoms with Gasteiger partial charge in [-0.3, -0.25) is 0 Å². The predicted molar refractivity (Wildman–Crippen MR) is 383 cm³/mol. The monoisotopic (exact) mass is 1180 g/mol. The third-order valence-corrected chi connectivity index (χ3v) is 20.2. The molecule has 0 radical (unpaired) electrons. The molecule has 4 heterocycles. The molecule has 422 valence electrons. The van der Waals surface area contributed by atoms with Crippen molar-refractivity contribution in [2.75, 3.05) is 9.80 Å². The van der Waals surface area contributed by atoms with Crippen molar-refractivity contribution >= 4 is 141 Å². The maximum Gasteiger partial charge on any atom is 0.136 e. The van der Waals surface area contributed by atoms with Crippen LogP contribution >= 0.6 is 22.7 Å². The zero-order valence-electron chi connectivity index (χ0n) is 48.5. The van der Waals surface area contributed by atoms with Crippen molar-refractivity contribution in [1.82, 2.24) is 0 Å². The number of nitrogens with zero attached hydrogens (tertiary/aromatic N) is 2. The highest BCUT2D eigenvalue weighted by Gasteiger charge is 2.24. The Morgan fingerprint density at radius 1 is 0.200 bits per heavy atom. The Bertz CT molecular complexity index is 5710. The van der Waals surface area contributed by atoms with Crippen molar-refractivity contribution < 1.29 is 8.83 Å². The van der Waals surface area contributed by atoms with Gasteiger partial charge in [0.15, 0.2) is 0 Å². The number of hydrogen-bond donors (Lipinski definition) is 0. The molecule has 14 aromatic carbocycles. The molecule has 18 aromatic rings. The summed E-state index contributed by atoms with van der Waals surface area (Å²) in [7, 11) is 0. The van der Waals surface area contributed by atoms with E-state index in [0.29, 0.717) is 0 Å². The molecule has 0 unspecified atom stereocenters. The Morgan fingerprint density at radius 3 is 1.11 bits per heavy atom. The van der Waals surface area contributed by atoms with Crippen molar-refractivity contribution in [3.05, 3.63) is 315 Å². The smallest absolute Gasteiger partial charge is 0.136 e. The molecule has 0 saturated carbocycles. The molecule has 6 heteroatoms. The van der Waals surface area contributed by atoms with Crippen LogP contribution in [0.15, 0.2) is 324 Å². The molecule has 90 heavy (non-hydrogen) atoms. The molecular weight excluding hydrogens is 1130 g/mol. The average Bonchev–Trinajstić information content (AvgIpc) is 1.55. The van der Waals surface area contributed by atoms with Gasteiger partial charge in [-0.1, -0.05) is 194 Å². The van der Waals surface area contributed by atoms with Crippen LogP contribution < -0.4 is 9.80 Å². The highest BCUT2D eigenvalue weighted by atomic mass is 32.1. The first kappa shape index (κ1) is 51.9. The third kappa shape index (κ3) is 8.87. The van der Waals surface area contributed by atoms with Gasteiger partial charge in [0.1, 0.15) is 22.3 Å². The minimum Gasteiger partial charge on any atom is -0.456 e. The quantitative estimate of drug-likeness (QED) is 0.129. The van der Waals surface area contributed by atoms with Crippen molar-refractivity contribution in [3.63, 3.8) is 0 Å².